The van der Waals surface area contributed by atoms with Gasteiger partial charge in [0.2, 0.25) is 0 Å². The van der Waals surface area contributed by atoms with Gasteiger partial charge in [0, 0.05) is 11.9 Å². The standard InChI is InChI=1S/C20H17F3N8O2S/c1-3-11-15-16(27-8-28-17(15)31-30-11)19(33)26-7-14-25-6-12(34-14)18(32)29-13-4-10(20(21,22)23)9(2)5-24-13/h4-6,8H,3,7H2,1-2H3,(H,26,33)(H,24,29,32)(H,27,28,30,31). The van der Waals surface area contributed by atoms with E-state index in [0.29, 0.717) is 22.5 Å². The number of thiazole rings is 1. The topological polar surface area (TPSA) is 138 Å². The van der Waals surface area contributed by atoms with E-state index in [4.69, 9.17) is 0 Å². The lowest BCUT2D eigenvalue weighted by Gasteiger charge is -2.11. The van der Waals surface area contributed by atoms with Gasteiger partial charge in [0.1, 0.15) is 27.7 Å². The fourth-order valence-electron chi connectivity index (χ4n) is 3.16. The first-order valence-electron chi connectivity index (χ1n) is 9.93. The Balaban J connectivity index is 1.43. The molecule has 4 aromatic rings. The quantitative estimate of drug-likeness (QED) is 0.377. The highest BCUT2D eigenvalue weighted by Gasteiger charge is 2.33. The summed E-state index contributed by atoms with van der Waals surface area (Å²) in [6.45, 7) is 3.20. The van der Waals surface area contributed by atoms with Gasteiger partial charge in [-0.15, -0.1) is 11.3 Å². The van der Waals surface area contributed by atoms with Crippen LogP contribution in [0.2, 0.25) is 0 Å². The summed E-state index contributed by atoms with van der Waals surface area (Å²) >= 11 is 0.984. The number of hydrogen-bond donors (Lipinski definition) is 3. The van der Waals surface area contributed by atoms with Gasteiger partial charge >= 0.3 is 6.18 Å². The molecule has 0 fully saturated rings. The highest BCUT2D eigenvalue weighted by Crippen LogP contribution is 2.32. The summed E-state index contributed by atoms with van der Waals surface area (Å²) in [4.78, 5) is 41.3. The molecule has 10 nitrogen and oxygen atoms in total. The number of carbonyl (C=O) groups excluding carboxylic acids is 2. The highest BCUT2D eigenvalue weighted by atomic mass is 32.1. The van der Waals surface area contributed by atoms with E-state index in [9.17, 15) is 22.8 Å². The van der Waals surface area contributed by atoms with Gasteiger partial charge in [0.15, 0.2) is 5.65 Å². The van der Waals surface area contributed by atoms with Crippen LogP contribution in [-0.2, 0) is 19.1 Å². The van der Waals surface area contributed by atoms with Crippen molar-refractivity contribution in [2.75, 3.05) is 5.32 Å². The number of H-pyrrole nitrogens is 1. The fraction of sp³-hybridized carbons (Fsp3) is 0.250. The molecule has 0 aromatic carbocycles. The first kappa shape index (κ1) is 23.2. The summed E-state index contributed by atoms with van der Waals surface area (Å²) in [5.74, 6) is -1.36. The van der Waals surface area contributed by atoms with Gasteiger partial charge in [-0.25, -0.2) is 19.9 Å². The number of fused-ring (bicyclic) bond motifs is 1. The van der Waals surface area contributed by atoms with Crippen molar-refractivity contribution in [1.82, 2.24) is 35.5 Å². The zero-order valence-corrected chi connectivity index (χ0v) is 18.6. The first-order valence-corrected chi connectivity index (χ1v) is 10.7. The molecule has 0 spiro atoms. The third kappa shape index (κ3) is 4.71. The molecule has 0 aliphatic heterocycles. The minimum absolute atomic E-state index is 0.0165. The maximum absolute atomic E-state index is 13.1. The van der Waals surface area contributed by atoms with Gasteiger partial charge in [0.25, 0.3) is 11.8 Å². The number of hydrogen-bond acceptors (Lipinski definition) is 8. The van der Waals surface area contributed by atoms with E-state index in [1.165, 1.54) is 19.4 Å². The number of aromatic amines is 1. The molecule has 4 aromatic heterocycles. The van der Waals surface area contributed by atoms with Crippen molar-refractivity contribution < 1.29 is 22.8 Å². The number of aryl methyl sites for hydroxylation is 2. The molecule has 4 rings (SSSR count). The van der Waals surface area contributed by atoms with Crippen LogP contribution in [0.1, 0.15) is 48.9 Å². The Morgan fingerprint density at radius 1 is 1.12 bits per heavy atom. The van der Waals surface area contributed by atoms with Crippen LogP contribution in [0.5, 0.6) is 0 Å². The largest absolute Gasteiger partial charge is 0.416 e. The molecule has 0 aliphatic carbocycles. The van der Waals surface area contributed by atoms with Crippen LogP contribution >= 0.6 is 11.3 Å². The van der Waals surface area contributed by atoms with Crippen LogP contribution in [0.15, 0.2) is 24.8 Å². The number of anilines is 1. The second-order valence-electron chi connectivity index (χ2n) is 7.11. The monoisotopic (exact) mass is 490 g/mol. The molecule has 0 unspecified atom stereocenters. The number of aromatic nitrogens is 6. The molecule has 14 heteroatoms. The van der Waals surface area contributed by atoms with Crippen molar-refractivity contribution in [1.29, 1.82) is 0 Å². The molecule has 0 saturated carbocycles. The summed E-state index contributed by atoms with van der Waals surface area (Å²) in [6, 6.07) is 0.776. The van der Waals surface area contributed by atoms with E-state index < -0.39 is 23.6 Å². The number of pyridine rings is 1. The third-order valence-electron chi connectivity index (χ3n) is 4.82. The zero-order chi connectivity index (χ0) is 24.5. The molecule has 0 radical (unpaired) electrons. The summed E-state index contributed by atoms with van der Waals surface area (Å²) in [5, 5.41) is 12.9. The Kier molecular flexibility index (Phi) is 6.24. The van der Waals surface area contributed by atoms with E-state index in [1.54, 1.807) is 0 Å². The van der Waals surface area contributed by atoms with Gasteiger partial charge in [-0.3, -0.25) is 14.7 Å². The molecule has 176 valence electrons. The lowest BCUT2D eigenvalue weighted by atomic mass is 10.1. The summed E-state index contributed by atoms with van der Waals surface area (Å²) in [7, 11) is 0. The number of halogens is 3. The average molecular weight is 490 g/mol. The van der Waals surface area contributed by atoms with Gasteiger partial charge in [-0.2, -0.15) is 18.3 Å². The molecule has 0 atom stereocenters. The van der Waals surface area contributed by atoms with Gasteiger partial charge in [-0.05, 0) is 25.0 Å². The predicted octanol–water partition coefficient (Wildman–Crippen LogP) is 3.28. The van der Waals surface area contributed by atoms with Crippen LogP contribution < -0.4 is 10.6 Å². The maximum Gasteiger partial charge on any atom is 0.416 e. The molecular formula is C20H17F3N8O2S. The lowest BCUT2D eigenvalue weighted by molar-refractivity contribution is -0.138. The number of nitrogens with zero attached hydrogens (tertiary/aromatic N) is 5. The van der Waals surface area contributed by atoms with Crippen molar-refractivity contribution in [3.05, 3.63) is 57.2 Å². The van der Waals surface area contributed by atoms with Crippen LogP contribution in [0.25, 0.3) is 11.0 Å². The molecule has 0 bridgehead atoms. The fourth-order valence-corrected chi connectivity index (χ4v) is 3.91. The van der Waals surface area contributed by atoms with E-state index >= 15 is 0 Å². The first-order chi connectivity index (χ1) is 16.2. The number of alkyl halides is 3. The smallest absolute Gasteiger partial charge is 0.344 e. The highest BCUT2D eigenvalue weighted by molar-refractivity contribution is 7.13. The van der Waals surface area contributed by atoms with Crippen LogP contribution in [0, 0.1) is 6.92 Å². The van der Waals surface area contributed by atoms with Gasteiger partial charge in [-0.1, -0.05) is 6.92 Å². The average Bonchev–Trinajstić information content (AvgIpc) is 3.45. The molecule has 2 amide bonds. The van der Waals surface area contributed by atoms with E-state index in [2.05, 4.69) is 40.8 Å². The van der Waals surface area contributed by atoms with E-state index in [0.717, 1.165) is 29.3 Å². The van der Waals surface area contributed by atoms with Crippen molar-refractivity contribution in [3.63, 3.8) is 0 Å². The molecule has 4 heterocycles. The summed E-state index contributed by atoms with van der Waals surface area (Å²) in [5.41, 5.74) is 0.337. The third-order valence-corrected chi connectivity index (χ3v) is 5.82. The maximum atomic E-state index is 13.1. The minimum Gasteiger partial charge on any atom is -0.344 e. The number of amides is 2. The van der Waals surface area contributed by atoms with Crippen molar-refractivity contribution in [2.45, 2.75) is 33.0 Å². The SMILES string of the molecule is CCc1[nH]nc2ncnc(C(=O)NCc3ncc(C(=O)Nc4cc(C(F)(F)F)c(C)cn4)s3)c12. The normalized spacial score (nSPS) is 11.6. The summed E-state index contributed by atoms with van der Waals surface area (Å²) < 4.78 is 39.2. The Morgan fingerprint density at radius 3 is 2.65 bits per heavy atom. The van der Waals surface area contributed by atoms with Crippen LogP contribution in [-0.4, -0.2) is 41.9 Å². The van der Waals surface area contributed by atoms with E-state index in [1.807, 2.05) is 6.92 Å². The zero-order valence-electron chi connectivity index (χ0n) is 17.8. The molecule has 34 heavy (non-hydrogen) atoms. The number of carbonyl (C=O) groups is 2. The molecule has 0 aliphatic rings. The molecule has 0 saturated heterocycles. The number of rotatable bonds is 6. The second kappa shape index (κ2) is 9.13. The Bertz CT molecular complexity index is 1380. The van der Waals surface area contributed by atoms with Crippen molar-refractivity contribution in [3.8, 4) is 0 Å². The van der Waals surface area contributed by atoms with Crippen LogP contribution in [0.4, 0.5) is 19.0 Å². The van der Waals surface area contributed by atoms with Gasteiger partial charge < -0.3 is 10.6 Å². The van der Waals surface area contributed by atoms with E-state index in [-0.39, 0.29) is 28.5 Å². The lowest BCUT2D eigenvalue weighted by Crippen LogP contribution is -2.24. The number of nitrogens with one attached hydrogen (secondary N) is 3. The Hall–Kier alpha value is -3.94. The Labute approximate surface area is 194 Å². The van der Waals surface area contributed by atoms with Crippen LogP contribution in [0.3, 0.4) is 0 Å². The van der Waals surface area contributed by atoms with Crippen molar-refractivity contribution in [2.24, 2.45) is 0 Å². The van der Waals surface area contributed by atoms with Crippen molar-refractivity contribution >= 4 is 40.0 Å². The summed E-state index contributed by atoms with van der Waals surface area (Å²) in [6.07, 6.45) is -0.400. The predicted molar refractivity (Wildman–Crippen MR) is 116 cm³/mol. The van der Waals surface area contributed by atoms with Gasteiger partial charge in [0.05, 0.1) is 23.7 Å². The second-order valence-corrected chi connectivity index (χ2v) is 8.23. The molecule has 3 N–H and O–H groups in total. The molecular weight excluding hydrogens is 473 g/mol. The minimum atomic E-state index is -4.56. The Morgan fingerprint density at radius 2 is 1.91 bits per heavy atom.